The van der Waals surface area contributed by atoms with Crippen LogP contribution in [-0.2, 0) is 0 Å². The van der Waals surface area contributed by atoms with E-state index in [1.807, 2.05) is 32.0 Å². The lowest BCUT2D eigenvalue weighted by Crippen LogP contribution is -2.26. The number of hydrogen-bond acceptors (Lipinski definition) is 2. The number of amides is 1. The van der Waals surface area contributed by atoms with Gasteiger partial charge in [0.15, 0.2) is 0 Å². The van der Waals surface area contributed by atoms with Crippen LogP contribution >= 0.6 is 11.6 Å². The fourth-order valence-corrected chi connectivity index (χ4v) is 2.28. The summed E-state index contributed by atoms with van der Waals surface area (Å²) in [5.74, 6) is 0.632. The first-order chi connectivity index (χ1) is 10.0. The number of halogens is 1. The molecule has 0 heterocycles. The predicted molar refractivity (Wildman–Crippen MR) is 85.1 cm³/mol. The Kier molecular flexibility index (Phi) is 4.86. The second-order valence-corrected chi connectivity index (χ2v) is 5.38. The molecular weight excluding hydrogens is 286 g/mol. The van der Waals surface area contributed by atoms with E-state index in [9.17, 15) is 4.79 Å². The molecule has 2 aromatic carbocycles. The van der Waals surface area contributed by atoms with Gasteiger partial charge in [-0.2, -0.15) is 0 Å². The second-order valence-electron chi connectivity index (χ2n) is 4.95. The van der Waals surface area contributed by atoms with Crippen molar-refractivity contribution in [1.82, 2.24) is 5.32 Å². The number of benzene rings is 2. The molecule has 3 nitrogen and oxygen atoms in total. The van der Waals surface area contributed by atoms with Crippen LogP contribution in [0.15, 0.2) is 42.5 Å². The van der Waals surface area contributed by atoms with E-state index < -0.39 is 0 Å². The van der Waals surface area contributed by atoms with Gasteiger partial charge in [0.1, 0.15) is 5.75 Å². The molecule has 0 spiro atoms. The van der Waals surface area contributed by atoms with Gasteiger partial charge in [-0.25, -0.2) is 0 Å². The first-order valence-corrected chi connectivity index (χ1v) is 7.10. The smallest absolute Gasteiger partial charge is 0.251 e. The highest BCUT2D eigenvalue weighted by atomic mass is 35.5. The Morgan fingerprint density at radius 2 is 1.86 bits per heavy atom. The van der Waals surface area contributed by atoms with Crippen LogP contribution in [0.4, 0.5) is 0 Å². The Bertz CT molecular complexity index is 638. The third kappa shape index (κ3) is 3.76. The van der Waals surface area contributed by atoms with Gasteiger partial charge in [-0.1, -0.05) is 29.3 Å². The minimum Gasteiger partial charge on any atom is -0.496 e. The van der Waals surface area contributed by atoms with Crippen molar-refractivity contribution in [1.29, 1.82) is 0 Å². The van der Waals surface area contributed by atoms with Crippen LogP contribution in [0, 0.1) is 6.92 Å². The van der Waals surface area contributed by atoms with Crippen molar-refractivity contribution in [3.63, 3.8) is 0 Å². The highest BCUT2D eigenvalue weighted by Gasteiger charge is 2.15. The van der Waals surface area contributed by atoms with E-state index >= 15 is 0 Å². The number of methoxy groups -OCH3 is 1. The fourth-order valence-electron chi connectivity index (χ4n) is 2.15. The summed E-state index contributed by atoms with van der Waals surface area (Å²) in [6, 6.07) is 12.6. The molecule has 4 heteroatoms. The number of hydrogen-bond donors (Lipinski definition) is 1. The molecule has 0 radical (unpaired) electrons. The maximum atomic E-state index is 12.2. The molecule has 0 saturated heterocycles. The molecule has 1 atom stereocenters. The van der Waals surface area contributed by atoms with Gasteiger partial charge in [-0.05, 0) is 44.2 Å². The van der Waals surface area contributed by atoms with Crippen molar-refractivity contribution in [2.75, 3.05) is 7.11 Å². The number of ether oxygens (including phenoxy) is 1. The summed E-state index contributed by atoms with van der Waals surface area (Å²) < 4.78 is 5.36. The van der Waals surface area contributed by atoms with Gasteiger partial charge >= 0.3 is 0 Å². The highest BCUT2D eigenvalue weighted by molar-refractivity contribution is 6.30. The Morgan fingerprint density at radius 1 is 1.19 bits per heavy atom. The van der Waals surface area contributed by atoms with Crippen molar-refractivity contribution in [3.05, 3.63) is 64.2 Å². The predicted octanol–water partition coefficient (Wildman–Crippen LogP) is 4.15. The zero-order valence-electron chi connectivity index (χ0n) is 12.3. The van der Waals surface area contributed by atoms with Crippen molar-refractivity contribution in [3.8, 4) is 5.75 Å². The highest BCUT2D eigenvalue weighted by Crippen LogP contribution is 2.26. The van der Waals surface area contributed by atoms with Crippen LogP contribution in [0.5, 0.6) is 5.75 Å². The SMILES string of the molecule is COc1ccc(C)cc1[C@H](C)NC(=O)c1ccc(Cl)cc1. The summed E-state index contributed by atoms with van der Waals surface area (Å²) in [6.07, 6.45) is 0. The van der Waals surface area contributed by atoms with E-state index in [1.165, 1.54) is 0 Å². The number of carbonyl (C=O) groups is 1. The topological polar surface area (TPSA) is 38.3 Å². The van der Waals surface area contributed by atoms with Crippen LogP contribution in [0.1, 0.15) is 34.5 Å². The summed E-state index contributed by atoms with van der Waals surface area (Å²) in [7, 11) is 1.63. The van der Waals surface area contributed by atoms with Gasteiger partial charge in [-0.15, -0.1) is 0 Å². The van der Waals surface area contributed by atoms with E-state index in [1.54, 1.807) is 31.4 Å². The van der Waals surface area contributed by atoms with Crippen LogP contribution in [0.25, 0.3) is 0 Å². The minimum atomic E-state index is -0.150. The lowest BCUT2D eigenvalue weighted by molar-refractivity contribution is 0.0939. The third-order valence-corrected chi connectivity index (χ3v) is 3.56. The Labute approximate surface area is 129 Å². The lowest BCUT2D eigenvalue weighted by Gasteiger charge is -2.18. The molecular formula is C17H18ClNO2. The summed E-state index contributed by atoms with van der Waals surface area (Å²) >= 11 is 5.83. The van der Waals surface area contributed by atoms with Crippen LogP contribution in [0.2, 0.25) is 5.02 Å². The molecule has 1 N–H and O–H groups in total. The van der Waals surface area contributed by atoms with Gasteiger partial charge < -0.3 is 10.1 Å². The summed E-state index contributed by atoms with van der Waals surface area (Å²) in [5.41, 5.74) is 2.66. The van der Waals surface area contributed by atoms with Crippen LogP contribution in [0.3, 0.4) is 0 Å². The average molecular weight is 304 g/mol. The monoisotopic (exact) mass is 303 g/mol. The maximum absolute atomic E-state index is 12.2. The largest absolute Gasteiger partial charge is 0.496 e. The van der Waals surface area contributed by atoms with Gasteiger partial charge in [0.25, 0.3) is 5.91 Å². The number of carbonyl (C=O) groups excluding carboxylic acids is 1. The summed E-state index contributed by atoms with van der Waals surface area (Å²) in [5, 5.41) is 3.58. The van der Waals surface area contributed by atoms with Crippen molar-refractivity contribution in [2.24, 2.45) is 0 Å². The maximum Gasteiger partial charge on any atom is 0.251 e. The van der Waals surface area contributed by atoms with Crippen molar-refractivity contribution >= 4 is 17.5 Å². The fraction of sp³-hybridized carbons (Fsp3) is 0.235. The number of rotatable bonds is 4. The molecule has 0 aliphatic carbocycles. The molecule has 21 heavy (non-hydrogen) atoms. The molecule has 0 bridgehead atoms. The van der Waals surface area contributed by atoms with Gasteiger partial charge in [0.2, 0.25) is 0 Å². The Morgan fingerprint density at radius 3 is 2.48 bits per heavy atom. The van der Waals surface area contributed by atoms with Gasteiger partial charge in [-0.3, -0.25) is 4.79 Å². The zero-order chi connectivity index (χ0) is 15.4. The molecule has 0 aliphatic heterocycles. The molecule has 110 valence electrons. The van der Waals surface area contributed by atoms with Crippen molar-refractivity contribution < 1.29 is 9.53 Å². The molecule has 2 rings (SSSR count). The molecule has 2 aromatic rings. The normalized spacial score (nSPS) is 11.8. The van der Waals surface area contributed by atoms with Crippen LogP contribution < -0.4 is 10.1 Å². The zero-order valence-corrected chi connectivity index (χ0v) is 13.1. The lowest BCUT2D eigenvalue weighted by atomic mass is 10.0. The first-order valence-electron chi connectivity index (χ1n) is 6.72. The Balaban J connectivity index is 2.17. The average Bonchev–Trinajstić information content (AvgIpc) is 2.47. The van der Waals surface area contributed by atoms with Gasteiger partial charge in [0, 0.05) is 16.1 Å². The molecule has 1 amide bonds. The van der Waals surface area contributed by atoms with E-state index in [4.69, 9.17) is 16.3 Å². The van der Waals surface area contributed by atoms with E-state index in [0.717, 1.165) is 16.9 Å². The molecule has 0 fully saturated rings. The van der Waals surface area contributed by atoms with Crippen LogP contribution in [-0.4, -0.2) is 13.0 Å². The Hall–Kier alpha value is -2.00. The molecule has 0 saturated carbocycles. The van der Waals surface area contributed by atoms with E-state index in [-0.39, 0.29) is 11.9 Å². The standard InChI is InChI=1S/C17H18ClNO2/c1-11-4-9-16(21-3)15(10-11)12(2)19-17(20)13-5-7-14(18)8-6-13/h4-10,12H,1-3H3,(H,19,20)/t12-/m0/s1. The molecule has 0 unspecified atom stereocenters. The molecule has 0 aromatic heterocycles. The number of nitrogens with one attached hydrogen (secondary N) is 1. The quantitative estimate of drug-likeness (QED) is 0.921. The van der Waals surface area contributed by atoms with Gasteiger partial charge in [0.05, 0.1) is 13.2 Å². The number of aryl methyl sites for hydroxylation is 1. The van der Waals surface area contributed by atoms with Crippen molar-refractivity contribution in [2.45, 2.75) is 19.9 Å². The summed E-state index contributed by atoms with van der Waals surface area (Å²) in [4.78, 5) is 12.2. The third-order valence-electron chi connectivity index (χ3n) is 3.31. The minimum absolute atomic E-state index is 0.136. The van der Waals surface area contributed by atoms with E-state index in [0.29, 0.717) is 10.6 Å². The summed E-state index contributed by atoms with van der Waals surface area (Å²) in [6.45, 7) is 3.95. The second kappa shape index (κ2) is 6.64. The molecule has 0 aliphatic rings. The van der Waals surface area contributed by atoms with E-state index in [2.05, 4.69) is 5.32 Å². The first kappa shape index (κ1) is 15.4.